The highest BCUT2D eigenvalue weighted by Crippen LogP contribution is 2.12. The average Bonchev–Trinajstić information content (AvgIpc) is 2.27. The zero-order chi connectivity index (χ0) is 13.6. The summed E-state index contributed by atoms with van der Waals surface area (Å²) in [4.78, 5) is 45.6. The molecule has 6 heteroatoms. The van der Waals surface area contributed by atoms with Crippen LogP contribution in [0.4, 0.5) is 0 Å². The first-order valence-corrected chi connectivity index (χ1v) is 5.15. The molecule has 0 aromatic rings. The van der Waals surface area contributed by atoms with Gasteiger partial charge in [-0.25, -0.2) is 0 Å². The lowest BCUT2D eigenvalue weighted by Crippen LogP contribution is -2.38. The van der Waals surface area contributed by atoms with E-state index in [1.807, 2.05) is 0 Å². The molecule has 0 heterocycles. The Hall–Kier alpha value is -1.72. The molecule has 0 N–H and O–H groups in total. The van der Waals surface area contributed by atoms with Gasteiger partial charge in [0, 0.05) is 0 Å². The molecule has 0 saturated carbocycles. The van der Waals surface area contributed by atoms with Crippen LogP contribution >= 0.6 is 0 Å². The standard InChI is InChI=1S/C11H16O6/c1-5-17-10(14)6(2)9(13)8(7(3)12)11(15)16-4/h6,8H,5H2,1-4H3. The second kappa shape index (κ2) is 6.78. The van der Waals surface area contributed by atoms with Crippen molar-refractivity contribution in [2.45, 2.75) is 20.8 Å². The normalized spacial score (nSPS) is 13.4. The number of ether oxygens (including phenoxy) is 2. The van der Waals surface area contributed by atoms with E-state index >= 15 is 0 Å². The lowest BCUT2D eigenvalue weighted by Gasteiger charge is -2.14. The third-order valence-corrected chi connectivity index (χ3v) is 2.19. The summed E-state index contributed by atoms with van der Waals surface area (Å²) in [5.41, 5.74) is 0. The van der Waals surface area contributed by atoms with Crippen molar-refractivity contribution >= 4 is 23.5 Å². The van der Waals surface area contributed by atoms with E-state index in [4.69, 9.17) is 0 Å². The van der Waals surface area contributed by atoms with Crippen LogP contribution in [-0.2, 0) is 28.7 Å². The van der Waals surface area contributed by atoms with E-state index in [-0.39, 0.29) is 6.61 Å². The maximum Gasteiger partial charge on any atom is 0.323 e. The van der Waals surface area contributed by atoms with Gasteiger partial charge in [-0.2, -0.15) is 0 Å². The minimum absolute atomic E-state index is 0.124. The van der Waals surface area contributed by atoms with Crippen LogP contribution in [-0.4, -0.2) is 37.2 Å². The second-order valence-corrected chi connectivity index (χ2v) is 3.44. The Morgan fingerprint density at radius 3 is 2.00 bits per heavy atom. The van der Waals surface area contributed by atoms with Gasteiger partial charge in [0.05, 0.1) is 13.7 Å². The summed E-state index contributed by atoms with van der Waals surface area (Å²) in [7, 11) is 1.07. The number of ketones is 2. The van der Waals surface area contributed by atoms with Crippen molar-refractivity contribution in [1.82, 2.24) is 0 Å². The zero-order valence-corrected chi connectivity index (χ0v) is 10.3. The van der Waals surface area contributed by atoms with Gasteiger partial charge in [-0.1, -0.05) is 0 Å². The zero-order valence-electron chi connectivity index (χ0n) is 10.3. The molecular weight excluding hydrogens is 228 g/mol. The van der Waals surface area contributed by atoms with E-state index in [2.05, 4.69) is 9.47 Å². The lowest BCUT2D eigenvalue weighted by atomic mass is 9.91. The van der Waals surface area contributed by atoms with Crippen LogP contribution < -0.4 is 0 Å². The van der Waals surface area contributed by atoms with Crippen LogP contribution in [0.3, 0.4) is 0 Å². The van der Waals surface area contributed by atoms with Gasteiger partial charge in [-0.3, -0.25) is 19.2 Å². The Morgan fingerprint density at radius 2 is 1.65 bits per heavy atom. The van der Waals surface area contributed by atoms with Crippen molar-refractivity contribution in [1.29, 1.82) is 0 Å². The first-order chi connectivity index (χ1) is 7.86. The molecule has 0 rings (SSSR count). The summed E-state index contributed by atoms with van der Waals surface area (Å²) >= 11 is 0. The molecule has 0 radical (unpaired) electrons. The van der Waals surface area contributed by atoms with Crippen LogP contribution in [0, 0.1) is 11.8 Å². The van der Waals surface area contributed by atoms with Gasteiger partial charge in [0.15, 0.2) is 17.5 Å². The third kappa shape index (κ3) is 3.97. The quantitative estimate of drug-likeness (QED) is 0.487. The summed E-state index contributed by atoms with van der Waals surface area (Å²) in [6.07, 6.45) is 0. The molecule has 0 fully saturated rings. The smallest absolute Gasteiger partial charge is 0.323 e. The lowest BCUT2D eigenvalue weighted by molar-refractivity contribution is -0.157. The average molecular weight is 244 g/mol. The molecule has 6 nitrogen and oxygen atoms in total. The minimum atomic E-state index is -1.56. The number of methoxy groups -OCH3 is 1. The number of esters is 2. The summed E-state index contributed by atoms with van der Waals surface area (Å²) in [6.45, 7) is 4.11. The van der Waals surface area contributed by atoms with E-state index in [1.54, 1.807) is 6.92 Å². The minimum Gasteiger partial charge on any atom is -0.468 e. The Morgan fingerprint density at radius 1 is 1.12 bits per heavy atom. The van der Waals surface area contributed by atoms with Crippen molar-refractivity contribution in [3.63, 3.8) is 0 Å². The Kier molecular flexibility index (Phi) is 6.09. The highest BCUT2D eigenvalue weighted by atomic mass is 16.5. The molecule has 0 aliphatic rings. The van der Waals surface area contributed by atoms with Crippen molar-refractivity contribution in [3.8, 4) is 0 Å². The molecule has 0 bridgehead atoms. The van der Waals surface area contributed by atoms with Gasteiger partial charge >= 0.3 is 11.9 Å². The van der Waals surface area contributed by atoms with Gasteiger partial charge in [-0.05, 0) is 20.8 Å². The number of carbonyl (C=O) groups excluding carboxylic acids is 4. The molecule has 0 aliphatic carbocycles. The fourth-order valence-electron chi connectivity index (χ4n) is 1.23. The number of hydrogen-bond acceptors (Lipinski definition) is 6. The van der Waals surface area contributed by atoms with Crippen LogP contribution in [0.2, 0.25) is 0 Å². The fraction of sp³-hybridized carbons (Fsp3) is 0.636. The van der Waals surface area contributed by atoms with Crippen LogP contribution in [0.1, 0.15) is 20.8 Å². The summed E-state index contributed by atoms with van der Waals surface area (Å²) in [5, 5.41) is 0. The van der Waals surface area contributed by atoms with Crippen molar-refractivity contribution in [2.24, 2.45) is 11.8 Å². The summed E-state index contributed by atoms with van der Waals surface area (Å²) in [6, 6.07) is 0. The van der Waals surface area contributed by atoms with Gasteiger partial charge in [-0.15, -0.1) is 0 Å². The topological polar surface area (TPSA) is 86.7 Å². The van der Waals surface area contributed by atoms with Gasteiger partial charge < -0.3 is 9.47 Å². The number of hydrogen-bond donors (Lipinski definition) is 0. The van der Waals surface area contributed by atoms with Gasteiger partial charge in [0.25, 0.3) is 0 Å². The molecule has 96 valence electrons. The molecule has 0 aromatic carbocycles. The molecule has 0 spiro atoms. The van der Waals surface area contributed by atoms with E-state index in [9.17, 15) is 19.2 Å². The third-order valence-electron chi connectivity index (χ3n) is 2.19. The fourth-order valence-corrected chi connectivity index (χ4v) is 1.23. The van der Waals surface area contributed by atoms with E-state index in [1.165, 1.54) is 6.92 Å². The van der Waals surface area contributed by atoms with E-state index < -0.39 is 35.3 Å². The van der Waals surface area contributed by atoms with Crippen LogP contribution in [0.25, 0.3) is 0 Å². The van der Waals surface area contributed by atoms with Gasteiger partial charge in [0.2, 0.25) is 0 Å². The Balaban J connectivity index is 4.91. The van der Waals surface area contributed by atoms with Gasteiger partial charge in [0.1, 0.15) is 5.92 Å². The molecule has 2 atom stereocenters. The summed E-state index contributed by atoms with van der Waals surface area (Å²) < 4.78 is 9.00. The number of Topliss-reactive ketones (excluding diaryl/α,β-unsaturated/α-hetero) is 2. The largest absolute Gasteiger partial charge is 0.468 e. The van der Waals surface area contributed by atoms with Crippen LogP contribution in [0.5, 0.6) is 0 Å². The summed E-state index contributed by atoms with van der Waals surface area (Å²) in [5.74, 6) is -5.89. The van der Waals surface area contributed by atoms with E-state index in [0.29, 0.717) is 0 Å². The van der Waals surface area contributed by atoms with Crippen molar-refractivity contribution < 1.29 is 28.7 Å². The number of rotatable bonds is 6. The Labute approximate surface area is 99.3 Å². The molecular formula is C11H16O6. The highest BCUT2D eigenvalue weighted by Gasteiger charge is 2.38. The monoisotopic (exact) mass is 244 g/mol. The predicted octanol–water partition coefficient (Wildman–Crippen LogP) is 0.133. The van der Waals surface area contributed by atoms with Crippen molar-refractivity contribution in [2.75, 3.05) is 13.7 Å². The maximum absolute atomic E-state index is 11.8. The first kappa shape index (κ1) is 15.3. The SMILES string of the molecule is CCOC(=O)C(C)C(=O)C(C(C)=O)C(=O)OC. The first-order valence-electron chi connectivity index (χ1n) is 5.15. The molecule has 0 aromatic heterocycles. The molecule has 0 amide bonds. The second-order valence-electron chi connectivity index (χ2n) is 3.44. The number of carbonyl (C=O) groups is 4. The molecule has 2 unspecified atom stereocenters. The highest BCUT2D eigenvalue weighted by molar-refractivity contribution is 6.20. The predicted molar refractivity (Wildman–Crippen MR) is 57.0 cm³/mol. The molecule has 0 saturated heterocycles. The maximum atomic E-state index is 11.8. The molecule has 17 heavy (non-hydrogen) atoms. The molecule has 0 aliphatic heterocycles. The Bertz CT molecular complexity index is 333. The van der Waals surface area contributed by atoms with E-state index in [0.717, 1.165) is 14.0 Å². The van der Waals surface area contributed by atoms with Crippen LogP contribution in [0.15, 0.2) is 0 Å². The van der Waals surface area contributed by atoms with Crippen molar-refractivity contribution in [3.05, 3.63) is 0 Å².